The topological polar surface area (TPSA) is 38.7 Å². The third-order valence-corrected chi connectivity index (χ3v) is 4.91. The summed E-state index contributed by atoms with van der Waals surface area (Å²) in [5, 5.41) is 9.09. The lowest BCUT2D eigenvalue weighted by Crippen LogP contribution is -2.33. The van der Waals surface area contributed by atoms with Crippen LogP contribution >= 0.6 is 0 Å². The Kier molecular flexibility index (Phi) is 7.96. The second kappa shape index (κ2) is 8.96. The summed E-state index contributed by atoms with van der Waals surface area (Å²) < 4.78 is 12.1. The summed E-state index contributed by atoms with van der Waals surface area (Å²) in [6.07, 6.45) is 2.56. The Labute approximate surface area is 167 Å². The highest BCUT2D eigenvalue weighted by atomic mass is 16.5. The van der Waals surface area contributed by atoms with E-state index in [2.05, 4.69) is 72.7 Å². The summed E-state index contributed by atoms with van der Waals surface area (Å²) in [7, 11) is 0. The Morgan fingerprint density at radius 3 is 1.81 bits per heavy atom. The molecule has 1 N–H and O–H groups in total. The van der Waals surface area contributed by atoms with Crippen LogP contribution in [0.4, 0.5) is 0 Å². The molecule has 0 radical (unpaired) electrons. The molecule has 1 aromatic rings. The van der Waals surface area contributed by atoms with Gasteiger partial charge in [0.2, 0.25) is 0 Å². The van der Waals surface area contributed by atoms with E-state index in [4.69, 9.17) is 14.6 Å². The first-order valence-electron chi connectivity index (χ1n) is 10.2. The van der Waals surface area contributed by atoms with Crippen LogP contribution in [-0.4, -0.2) is 29.5 Å². The van der Waals surface area contributed by atoms with Crippen LogP contribution in [0.1, 0.15) is 87.1 Å². The number of rotatable bonds is 10. The van der Waals surface area contributed by atoms with E-state index in [0.29, 0.717) is 18.4 Å². The van der Waals surface area contributed by atoms with Crippen molar-refractivity contribution in [3.63, 3.8) is 0 Å². The summed E-state index contributed by atoms with van der Waals surface area (Å²) in [4.78, 5) is 0. The van der Waals surface area contributed by atoms with Crippen molar-refractivity contribution in [3.05, 3.63) is 29.8 Å². The van der Waals surface area contributed by atoms with Gasteiger partial charge < -0.3 is 14.6 Å². The first kappa shape index (κ1) is 24.0. The average Bonchev–Trinajstić information content (AvgIpc) is 2.44. The number of aliphatic hydroxyl groups excluding tert-OH is 1. The standard InChI is InChI=1S/C24H42O3/c1-21(2,3)18-22(4,5)19-10-12-20(13-11-19)27-24(8,9)15-17-26-23(6,7)14-16-25/h10-13,25H,14-18H2,1-9H3. The zero-order valence-electron chi connectivity index (χ0n) is 19.1. The number of ether oxygens (including phenoxy) is 2. The molecule has 1 rings (SSSR count). The molecule has 0 aliphatic carbocycles. The van der Waals surface area contributed by atoms with Gasteiger partial charge >= 0.3 is 0 Å². The monoisotopic (exact) mass is 378 g/mol. The number of hydrogen-bond donors (Lipinski definition) is 1. The molecule has 0 unspecified atom stereocenters. The SMILES string of the molecule is CC(C)(C)CC(C)(C)c1ccc(OC(C)(C)CCOC(C)(C)CCO)cc1. The molecule has 0 heterocycles. The van der Waals surface area contributed by atoms with E-state index in [0.717, 1.165) is 18.6 Å². The quantitative estimate of drug-likeness (QED) is 0.532. The summed E-state index contributed by atoms with van der Waals surface area (Å²) >= 11 is 0. The van der Waals surface area contributed by atoms with Crippen molar-refractivity contribution in [2.75, 3.05) is 13.2 Å². The van der Waals surface area contributed by atoms with Gasteiger partial charge in [-0.2, -0.15) is 0 Å². The summed E-state index contributed by atoms with van der Waals surface area (Å²) in [6.45, 7) is 20.4. The van der Waals surface area contributed by atoms with Crippen LogP contribution in [0, 0.1) is 5.41 Å². The van der Waals surface area contributed by atoms with Gasteiger partial charge in [0.1, 0.15) is 11.4 Å². The molecule has 1 aromatic carbocycles. The van der Waals surface area contributed by atoms with Gasteiger partial charge in [-0.25, -0.2) is 0 Å². The summed E-state index contributed by atoms with van der Waals surface area (Å²) in [5.74, 6) is 0.893. The molecule has 0 aromatic heterocycles. The van der Waals surface area contributed by atoms with E-state index in [-0.39, 0.29) is 23.2 Å². The predicted molar refractivity (Wildman–Crippen MR) is 115 cm³/mol. The van der Waals surface area contributed by atoms with Gasteiger partial charge in [-0.1, -0.05) is 46.8 Å². The Morgan fingerprint density at radius 1 is 0.778 bits per heavy atom. The summed E-state index contributed by atoms with van der Waals surface area (Å²) in [6, 6.07) is 8.55. The van der Waals surface area contributed by atoms with E-state index in [1.165, 1.54) is 5.56 Å². The lowest BCUT2D eigenvalue weighted by atomic mass is 9.72. The van der Waals surface area contributed by atoms with Gasteiger partial charge in [0, 0.05) is 13.0 Å². The Morgan fingerprint density at radius 2 is 1.33 bits per heavy atom. The molecule has 0 bridgehead atoms. The van der Waals surface area contributed by atoms with Gasteiger partial charge in [-0.05, 0) is 69.1 Å². The maximum Gasteiger partial charge on any atom is 0.120 e. The molecule has 0 saturated heterocycles. The smallest absolute Gasteiger partial charge is 0.120 e. The number of benzene rings is 1. The molecule has 0 atom stereocenters. The van der Waals surface area contributed by atoms with Crippen molar-refractivity contribution in [1.29, 1.82) is 0 Å². The molecule has 3 nitrogen and oxygen atoms in total. The Bertz CT molecular complexity index is 562. The maximum absolute atomic E-state index is 9.09. The fraction of sp³-hybridized carbons (Fsp3) is 0.750. The minimum Gasteiger partial charge on any atom is -0.488 e. The minimum atomic E-state index is -0.308. The zero-order chi connectivity index (χ0) is 20.9. The van der Waals surface area contributed by atoms with Crippen LogP contribution in [0.15, 0.2) is 24.3 Å². The molecule has 0 spiro atoms. The van der Waals surface area contributed by atoms with Crippen molar-refractivity contribution in [1.82, 2.24) is 0 Å². The van der Waals surface area contributed by atoms with Crippen LogP contribution in [0.25, 0.3) is 0 Å². The van der Waals surface area contributed by atoms with Crippen LogP contribution in [0.2, 0.25) is 0 Å². The van der Waals surface area contributed by atoms with Crippen LogP contribution in [-0.2, 0) is 10.2 Å². The molecule has 27 heavy (non-hydrogen) atoms. The van der Waals surface area contributed by atoms with Crippen LogP contribution in [0.3, 0.4) is 0 Å². The number of aliphatic hydroxyl groups is 1. The fourth-order valence-electron chi connectivity index (χ4n) is 3.69. The van der Waals surface area contributed by atoms with Crippen molar-refractivity contribution >= 4 is 0 Å². The van der Waals surface area contributed by atoms with Crippen molar-refractivity contribution in [2.45, 2.75) is 98.2 Å². The molecule has 0 aliphatic heterocycles. The third kappa shape index (κ3) is 9.12. The van der Waals surface area contributed by atoms with E-state index >= 15 is 0 Å². The zero-order valence-corrected chi connectivity index (χ0v) is 19.1. The highest BCUT2D eigenvalue weighted by Gasteiger charge is 2.28. The fourth-order valence-corrected chi connectivity index (χ4v) is 3.69. The van der Waals surface area contributed by atoms with E-state index in [9.17, 15) is 0 Å². The van der Waals surface area contributed by atoms with E-state index in [1.54, 1.807) is 0 Å². The van der Waals surface area contributed by atoms with Crippen molar-refractivity contribution in [3.8, 4) is 5.75 Å². The molecule has 3 heteroatoms. The van der Waals surface area contributed by atoms with Crippen molar-refractivity contribution in [2.24, 2.45) is 5.41 Å². The van der Waals surface area contributed by atoms with Gasteiger partial charge in [0.25, 0.3) is 0 Å². The second-order valence-electron chi connectivity index (χ2n) is 10.8. The van der Waals surface area contributed by atoms with Gasteiger partial charge in [0.05, 0.1) is 12.2 Å². The minimum absolute atomic E-state index is 0.137. The lowest BCUT2D eigenvalue weighted by molar-refractivity contribution is -0.0516. The normalized spacial score (nSPS) is 13.7. The van der Waals surface area contributed by atoms with Gasteiger partial charge in [-0.3, -0.25) is 0 Å². The summed E-state index contributed by atoms with van der Waals surface area (Å²) in [5.41, 5.74) is 1.17. The molecular weight excluding hydrogens is 336 g/mol. The van der Waals surface area contributed by atoms with E-state index < -0.39 is 0 Å². The van der Waals surface area contributed by atoms with Gasteiger partial charge in [-0.15, -0.1) is 0 Å². The first-order valence-corrected chi connectivity index (χ1v) is 10.2. The first-order chi connectivity index (χ1) is 12.2. The molecule has 0 aliphatic rings. The van der Waals surface area contributed by atoms with Crippen molar-refractivity contribution < 1.29 is 14.6 Å². The average molecular weight is 379 g/mol. The van der Waals surface area contributed by atoms with Crippen LogP contribution < -0.4 is 4.74 Å². The van der Waals surface area contributed by atoms with E-state index in [1.807, 2.05) is 13.8 Å². The number of hydrogen-bond acceptors (Lipinski definition) is 3. The van der Waals surface area contributed by atoms with Crippen LogP contribution in [0.5, 0.6) is 5.75 Å². The predicted octanol–water partition coefficient (Wildman–Crippen LogP) is 6.13. The molecule has 0 saturated carbocycles. The molecule has 156 valence electrons. The maximum atomic E-state index is 9.09. The Hall–Kier alpha value is -1.06. The molecule has 0 amide bonds. The third-order valence-electron chi connectivity index (χ3n) is 4.91. The Balaban J connectivity index is 2.65. The molecule has 0 fully saturated rings. The lowest BCUT2D eigenvalue weighted by Gasteiger charge is -2.33. The highest BCUT2D eigenvalue weighted by Crippen LogP contribution is 2.37. The van der Waals surface area contributed by atoms with Gasteiger partial charge in [0.15, 0.2) is 0 Å². The molecular formula is C24H42O3. The largest absolute Gasteiger partial charge is 0.488 e. The highest BCUT2D eigenvalue weighted by molar-refractivity contribution is 5.32. The second-order valence-corrected chi connectivity index (χ2v) is 10.8.